The molecule has 0 saturated heterocycles. The minimum Gasteiger partial charge on any atom is -0.379 e. The SMILES string of the molecule is CCSCCOCCOCCOCCOCCC(=O)NCCCCCN. The van der Waals surface area contributed by atoms with E-state index in [1.54, 1.807) is 0 Å². The van der Waals surface area contributed by atoms with Crippen LogP contribution in [-0.2, 0) is 23.7 Å². The molecule has 1 amide bonds. The maximum absolute atomic E-state index is 11.5. The summed E-state index contributed by atoms with van der Waals surface area (Å²) >= 11 is 1.87. The lowest BCUT2D eigenvalue weighted by molar-refractivity contribution is -0.122. The Morgan fingerprint density at radius 1 is 0.846 bits per heavy atom. The number of unbranched alkanes of at least 4 members (excludes halogenated alkanes) is 2. The van der Waals surface area contributed by atoms with Crippen molar-refractivity contribution in [1.82, 2.24) is 5.32 Å². The third-order valence-corrected chi connectivity index (χ3v) is 4.23. The zero-order valence-corrected chi connectivity index (χ0v) is 17.2. The van der Waals surface area contributed by atoms with Gasteiger partial charge < -0.3 is 30.0 Å². The second-order valence-corrected chi connectivity index (χ2v) is 6.99. The monoisotopic (exact) mass is 394 g/mol. The fourth-order valence-electron chi connectivity index (χ4n) is 1.95. The van der Waals surface area contributed by atoms with Gasteiger partial charge in [-0.1, -0.05) is 13.3 Å². The van der Waals surface area contributed by atoms with Crippen LogP contribution >= 0.6 is 11.8 Å². The molecule has 0 aromatic carbocycles. The smallest absolute Gasteiger partial charge is 0.222 e. The quantitative estimate of drug-likeness (QED) is 0.285. The number of amides is 1. The zero-order valence-electron chi connectivity index (χ0n) is 16.3. The minimum absolute atomic E-state index is 0.0302. The molecular formula is C18H38N2O5S. The molecule has 0 aliphatic heterocycles. The van der Waals surface area contributed by atoms with Gasteiger partial charge in [0, 0.05) is 18.7 Å². The van der Waals surface area contributed by atoms with Gasteiger partial charge in [-0.05, 0) is 25.1 Å². The molecular weight excluding hydrogens is 356 g/mol. The van der Waals surface area contributed by atoms with E-state index in [1.807, 2.05) is 11.8 Å². The van der Waals surface area contributed by atoms with Crippen LogP contribution in [0.1, 0.15) is 32.6 Å². The molecule has 0 aromatic heterocycles. The number of hydrogen-bond donors (Lipinski definition) is 2. The summed E-state index contributed by atoms with van der Waals surface area (Å²) in [7, 11) is 0. The van der Waals surface area contributed by atoms with Crippen molar-refractivity contribution in [3.8, 4) is 0 Å². The first kappa shape index (κ1) is 25.6. The highest BCUT2D eigenvalue weighted by Gasteiger charge is 2.00. The number of nitrogens with one attached hydrogen (secondary N) is 1. The Morgan fingerprint density at radius 2 is 1.42 bits per heavy atom. The predicted octanol–water partition coefficient (Wildman–Crippen LogP) is 1.44. The Kier molecular flexibility index (Phi) is 22.3. The van der Waals surface area contributed by atoms with Crippen LogP contribution < -0.4 is 11.1 Å². The predicted molar refractivity (Wildman–Crippen MR) is 107 cm³/mol. The third kappa shape index (κ3) is 21.7. The van der Waals surface area contributed by atoms with E-state index < -0.39 is 0 Å². The van der Waals surface area contributed by atoms with Crippen LogP contribution in [0.25, 0.3) is 0 Å². The molecule has 0 aliphatic carbocycles. The summed E-state index contributed by atoms with van der Waals surface area (Å²) in [6.45, 7) is 8.08. The van der Waals surface area contributed by atoms with E-state index in [4.69, 9.17) is 24.7 Å². The van der Waals surface area contributed by atoms with Gasteiger partial charge in [-0.3, -0.25) is 4.79 Å². The molecule has 0 radical (unpaired) electrons. The number of thioether (sulfide) groups is 1. The molecule has 0 rings (SSSR count). The number of ether oxygens (including phenoxy) is 4. The van der Waals surface area contributed by atoms with Gasteiger partial charge in [0.25, 0.3) is 0 Å². The lowest BCUT2D eigenvalue weighted by atomic mass is 10.2. The highest BCUT2D eigenvalue weighted by molar-refractivity contribution is 7.99. The van der Waals surface area contributed by atoms with Gasteiger partial charge in [-0.15, -0.1) is 0 Å². The van der Waals surface area contributed by atoms with E-state index in [-0.39, 0.29) is 5.91 Å². The lowest BCUT2D eigenvalue weighted by Gasteiger charge is -2.08. The number of nitrogens with two attached hydrogens (primary N) is 1. The van der Waals surface area contributed by atoms with E-state index in [0.29, 0.717) is 65.8 Å². The van der Waals surface area contributed by atoms with Gasteiger partial charge in [0.05, 0.1) is 52.9 Å². The van der Waals surface area contributed by atoms with Crippen LogP contribution in [0, 0.1) is 0 Å². The molecule has 0 saturated carbocycles. The van der Waals surface area contributed by atoms with Gasteiger partial charge in [0.2, 0.25) is 5.91 Å². The maximum Gasteiger partial charge on any atom is 0.222 e. The van der Waals surface area contributed by atoms with Crippen molar-refractivity contribution in [1.29, 1.82) is 0 Å². The largest absolute Gasteiger partial charge is 0.379 e. The normalized spacial score (nSPS) is 11.0. The molecule has 3 N–H and O–H groups in total. The van der Waals surface area contributed by atoms with E-state index >= 15 is 0 Å². The fraction of sp³-hybridized carbons (Fsp3) is 0.944. The minimum atomic E-state index is 0.0302. The van der Waals surface area contributed by atoms with Crippen molar-refractivity contribution in [2.24, 2.45) is 5.73 Å². The van der Waals surface area contributed by atoms with Crippen LogP contribution in [0.15, 0.2) is 0 Å². The highest BCUT2D eigenvalue weighted by Crippen LogP contribution is 1.96. The Bertz CT molecular complexity index is 299. The molecule has 26 heavy (non-hydrogen) atoms. The number of carbonyl (C=O) groups excluding carboxylic acids is 1. The van der Waals surface area contributed by atoms with Crippen LogP contribution in [0.3, 0.4) is 0 Å². The average molecular weight is 395 g/mol. The lowest BCUT2D eigenvalue weighted by Crippen LogP contribution is -2.25. The Labute approximate surface area is 163 Å². The van der Waals surface area contributed by atoms with Crippen molar-refractivity contribution in [2.75, 3.05) is 77.5 Å². The molecule has 156 valence electrons. The van der Waals surface area contributed by atoms with Gasteiger partial charge in [-0.2, -0.15) is 11.8 Å². The zero-order chi connectivity index (χ0) is 19.1. The van der Waals surface area contributed by atoms with Crippen molar-refractivity contribution in [2.45, 2.75) is 32.6 Å². The molecule has 0 spiro atoms. The van der Waals surface area contributed by atoms with Crippen LogP contribution in [0.2, 0.25) is 0 Å². The second-order valence-electron chi connectivity index (χ2n) is 5.60. The molecule has 0 heterocycles. The van der Waals surface area contributed by atoms with Crippen LogP contribution in [0.4, 0.5) is 0 Å². The van der Waals surface area contributed by atoms with Gasteiger partial charge in [-0.25, -0.2) is 0 Å². The number of carbonyl (C=O) groups is 1. The van der Waals surface area contributed by atoms with E-state index in [9.17, 15) is 4.79 Å². The molecule has 0 aliphatic rings. The molecule has 0 aromatic rings. The molecule has 7 nitrogen and oxygen atoms in total. The first-order valence-electron chi connectivity index (χ1n) is 9.66. The second kappa shape index (κ2) is 22.7. The maximum atomic E-state index is 11.5. The van der Waals surface area contributed by atoms with Crippen molar-refractivity contribution < 1.29 is 23.7 Å². The van der Waals surface area contributed by atoms with Crippen molar-refractivity contribution >= 4 is 17.7 Å². The summed E-state index contributed by atoms with van der Waals surface area (Å²) in [5.41, 5.74) is 5.41. The summed E-state index contributed by atoms with van der Waals surface area (Å²) in [5, 5.41) is 2.87. The average Bonchev–Trinajstić information content (AvgIpc) is 2.64. The number of rotatable bonds is 21. The van der Waals surface area contributed by atoms with Gasteiger partial charge >= 0.3 is 0 Å². The number of hydrogen-bond acceptors (Lipinski definition) is 7. The fourth-order valence-corrected chi connectivity index (χ4v) is 2.48. The molecule has 0 bridgehead atoms. The first-order chi connectivity index (χ1) is 12.8. The summed E-state index contributed by atoms with van der Waals surface area (Å²) in [4.78, 5) is 11.5. The highest BCUT2D eigenvalue weighted by atomic mass is 32.2. The molecule has 0 atom stereocenters. The van der Waals surface area contributed by atoms with E-state index in [1.165, 1.54) is 0 Å². The van der Waals surface area contributed by atoms with E-state index in [0.717, 1.165) is 37.4 Å². The Hall–Kier alpha value is -0.380. The summed E-state index contributed by atoms with van der Waals surface area (Å²) in [6, 6.07) is 0. The topological polar surface area (TPSA) is 92.0 Å². The van der Waals surface area contributed by atoms with Crippen LogP contribution in [0.5, 0.6) is 0 Å². The van der Waals surface area contributed by atoms with Gasteiger partial charge in [0.15, 0.2) is 0 Å². The Morgan fingerprint density at radius 3 is 2.00 bits per heavy atom. The standard InChI is InChI=1S/C18H38N2O5S/c1-2-26-17-16-25-15-14-24-13-12-23-11-10-22-9-6-18(21)20-8-5-3-4-7-19/h2-17,19H2,1H3,(H,20,21). The first-order valence-corrected chi connectivity index (χ1v) is 10.8. The van der Waals surface area contributed by atoms with Crippen molar-refractivity contribution in [3.63, 3.8) is 0 Å². The van der Waals surface area contributed by atoms with Crippen molar-refractivity contribution in [3.05, 3.63) is 0 Å². The summed E-state index contributed by atoms with van der Waals surface area (Å²) < 4.78 is 21.6. The molecule has 0 fully saturated rings. The third-order valence-electron chi connectivity index (χ3n) is 3.37. The summed E-state index contributed by atoms with van der Waals surface area (Å²) in [6.07, 6.45) is 3.43. The van der Waals surface area contributed by atoms with Crippen LogP contribution in [-0.4, -0.2) is 83.4 Å². The molecule has 8 heteroatoms. The summed E-state index contributed by atoms with van der Waals surface area (Å²) in [5.74, 6) is 2.20. The van der Waals surface area contributed by atoms with Gasteiger partial charge in [0.1, 0.15) is 0 Å². The Balaban J connectivity index is 3.09. The van der Waals surface area contributed by atoms with E-state index in [2.05, 4.69) is 12.2 Å². The molecule has 0 unspecified atom stereocenters.